The Kier molecular flexibility index (Phi) is 6.21. The van der Waals surface area contributed by atoms with Crippen LogP contribution in [0.2, 0.25) is 0 Å². The summed E-state index contributed by atoms with van der Waals surface area (Å²) in [6, 6.07) is 10.1. The molecule has 0 radical (unpaired) electrons. The molecule has 1 fully saturated rings. The number of hydrogen-bond acceptors (Lipinski definition) is 3. The Morgan fingerprint density at radius 1 is 1.33 bits per heavy atom. The molecule has 1 unspecified atom stereocenters. The average Bonchev–Trinajstić information content (AvgIpc) is 3.02. The molecule has 21 heavy (non-hydrogen) atoms. The lowest BCUT2D eigenvalue weighted by atomic mass is 10.1. The number of anilines is 1. The predicted molar refractivity (Wildman–Crippen MR) is 87.2 cm³/mol. The van der Waals surface area contributed by atoms with Gasteiger partial charge in [-0.3, -0.25) is 9.69 Å². The fraction of sp³-hybridized carbons (Fsp3) is 0.588. The number of hydrogen-bond donors (Lipinski definition) is 2. The molecule has 116 valence electrons. The lowest BCUT2D eigenvalue weighted by molar-refractivity contribution is -0.121. The van der Waals surface area contributed by atoms with Crippen LogP contribution in [0.1, 0.15) is 39.0 Å². The third kappa shape index (κ3) is 4.55. The first-order valence-corrected chi connectivity index (χ1v) is 8.04. The van der Waals surface area contributed by atoms with Crippen molar-refractivity contribution in [3.8, 4) is 0 Å². The number of nitrogens with zero attached hydrogens (tertiary/aromatic N) is 1. The van der Waals surface area contributed by atoms with Crippen molar-refractivity contribution in [2.24, 2.45) is 5.73 Å². The Balaban J connectivity index is 1.98. The van der Waals surface area contributed by atoms with Gasteiger partial charge in [0.15, 0.2) is 0 Å². The number of para-hydroxylation sites is 1. The highest BCUT2D eigenvalue weighted by molar-refractivity contribution is 5.94. The van der Waals surface area contributed by atoms with E-state index in [1.165, 1.54) is 25.7 Å². The van der Waals surface area contributed by atoms with Gasteiger partial charge in [0.25, 0.3) is 0 Å². The zero-order chi connectivity index (χ0) is 15.1. The minimum atomic E-state index is -0.111. The maximum Gasteiger partial charge on any atom is 0.241 e. The molecule has 1 aliphatic rings. The minimum Gasteiger partial charge on any atom is -0.330 e. The van der Waals surface area contributed by atoms with Crippen LogP contribution >= 0.6 is 0 Å². The van der Waals surface area contributed by atoms with Crippen LogP contribution in [0.15, 0.2) is 30.3 Å². The summed E-state index contributed by atoms with van der Waals surface area (Å²) in [6.07, 6.45) is 5.90. The summed E-state index contributed by atoms with van der Waals surface area (Å²) < 4.78 is 0. The number of nitrogens with two attached hydrogens (primary N) is 1. The second-order valence-electron chi connectivity index (χ2n) is 5.85. The zero-order valence-electron chi connectivity index (χ0n) is 12.9. The molecule has 1 aliphatic carbocycles. The highest BCUT2D eigenvalue weighted by Crippen LogP contribution is 2.25. The number of carbonyl (C=O) groups excluding carboxylic acids is 1. The van der Waals surface area contributed by atoms with Crippen molar-refractivity contribution in [2.75, 3.05) is 18.4 Å². The van der Waals surface area contributed by atoms with Crippen LogP contribution in [-0.4, -0.2) is 36.0 Å². The Labute approximate surface area is 127 Å². The van der Waals surface area contributed by atoms with Crippen molar-refractivity contribution in [3.05, 3.63) is 30.3 Å². The van der Waals surface area contributed by atoms with E-state index in [-0.39, 0.29) is 11.9 Å². The SMILES string of the molecule is CC(C(=O)Nc1ccccc1)N(CCCN)C1CCCC1. The maximum absolute atomic E-state index is 12.5. The summed E-state index contributed by atoms with van der Waals surface area (Å²) in [5.41, 5.74) is 6.51. The Morgan fingerprint density at radius 3 is 2.62 bits per heavy atom. The Bertz CT molecular complexity index is 429. The van der Waals surface area contributed by atoms with Crippen molar-refractivity contribution < 1.29 is 4.79 Å². The Hall–Kier alpha value is -1.39. The normalized spacial score (nSPS) is 17.1. The third-order valence-corrected chi connectivity index (χ3v) is 4.33. The van der Waals surface area contributed by atoms with E-state index in [4.69, 9.17) is 5.73 Å². The molecule has 4 heteroatoms. The molecule has 1 aromatic carbocycles. The topological polar surface area (TPSA) is 58.4 Å². The molecule has 1 saturated carbocycles. The van der Waals surface area contributed by atoms with Gasteiger partial charge < -0.3 is 11.1 Å². The van der Waals surface area contributed by atoms with Gasteiger partial charge in [0.05, 0.1) is 6.04 Å². The fourth-order valence-corrected chi connectivity index (χ4v) is 3.12. The van der Waals surface area contributed by atoms with Crippen LogP contribution in [0.4, 0.5) is 5.69 Å². The molecule has 1 amide bonds. The van der Waals surface area contributed by atoms with Crippen molar-refractivity contribution >= 4 is 11.6 Å². The summed E-state index contributed by atoms with van der Waals surface area (Å²) in [4.78, 5) is 14.8. The lowest BCUT2D eigenvalue weighted by Crippen LogP contribution is -2.47. The lowest BCUT2D eigenvalue weighted by Gasteiger charge is -2.33. The largest absolute Gasteiger partial charge is 0.330 e. The highest BCUT2D eigenvalue weighted by atomic mass is 16.2. The number of amides is 1. The first kappa shape index (κ1) is 16.0. The Morgan fingerprint density at radius 2 is 2.00 bits per heavy atom. The zero-order valence-corrected chi connectivity index (χ0v) is 12.9. The first-order chi connectivity index (χ1) is 10.2. The molecule has 0 heterocycles. The van der Waals surface area contributed by atoms with Gasteiger partial charge in [0.1, 0.15) is 0 Å². The van der Waals surface area contributed by atoms with Gasteiger partial charge in [-0.05, 0) is 44.9 Å². The van der Waals surface area contributed by atoms with Crippen LogP contribution in [0, 0.1) is 0 Å². The first-order valence-electron chi connectivity index (χ1n) is 8.04. The van der Waals surface area contributed by atoms with Crippen molar-refractivity contribution in [3.63, 3.8) is 0 Å². The van der Waals surface area contributed by atoms with Gasteiger partial charge >= 0.3 is 0 Å². The van der Waals surface area contributed by atoms with Gasteiger partial charge in [-0.1, -0.05) is 31.0 Å². The second kappa shape index (κ2) is 8.15. The van der Waals surface area contributed by atoms with Crippen molar-refractivity contribution in [1.29, 1.82) is 0 Å². The van der Waals surface area contributed by atoms with Crippen LogP contribution in [0.3, 0.4) is 0 Å². The second-order valence-corrected chi connectivity index (χ2v) is 5.85. The molecule has 3 N–H and O–H groups in total. The van der Waals surface area contributed by atoms with Gasteiger partial charge in [0.2, 0.25) is 5.91 Å². The third-order valence-electron chi connectivity index (χ3n) is 4.33. The molecule has 0 spiro atoms. The molecule has 0 aliphatic heterocycles. The number of benzene rings is 1. The minimum absolute atomic E-state index is 0.0742. The summed E-state index contributed by atoms with van der Waals surface area (Å²) in [6.45, 7) is 3.59. The van der Waals surface area contributed by atoms with Crippen LogP contribution in [-0.2, 0) is 4.79 Å². The van der Waals surface area contributed by atoms with E-state index in [1.807, 2.05) is 37.3 Å². The van der Waals surface area contributed by atoms with E-state index in [2.05, 4.69) is 10.2 Å². The monoisotopic (exact) mass is 289 g/mol. The van der Waals surface area contributed by atoms with E-state index in [0.717, 1.165) is 18.7 Å². The fourth-order valence-electron chi connectivity index (χ4n) is 3.12. The van der Waals surface area contributed by atoms with Crippen molar-refractivity contribution in [2.45, 2.75) is 51.1 Å². The van der Waals surface area contributed by atoms with Crippen LogP contribution < -0.4 is 11.1 Å². The number of rotatable bonds is 7. The summed E-state index contributed by atoms with van der Waals surface area (Å²) in [7, 11) is 0. The van der Waals surface area contributed by atoms with E-state index in [1.54, 1.807) is 0 Å². The van der Waals surface area contributed by atoms with E-state index < -0.39 is 0 Å². The summed E-state index contributed by atoms with van der Waals surface area (Å²) in [5.74, 6) is 0.0742. The van der Waals surface area contributed by atoms with Crippen LogP contribution in [0.5, 0.6) is 0 Å². The molecule has 0 bridgehead atoms. The summed E-state index contributed by atoms with van der Waals surface area (Å²) in [5, 5.41) is 3.01. The molecule has 0 saturated heterocycles. The smallest absolute Gasteiger partial charge is 0.241 e. The maximum atomic E-state index is 12.5. The number of carbonyl (C=O) groups is 1. The molecule has 0 aromatic heterocycles. The van der Waals surface area contributed by atoms with Crippen molar-refractivity contribution in [1.82, 2.24) is 4.90 Å². The predicted octanol–water partition coefficient (Wildman–Crippen LogP) is 2.61. The molecule has 4 nitrogen and oxygen atoms in total. The van der Waals surface area contributed by atoms with Crippen LogP contribution in [0.25, 0.3) is 0 Å². The molecule has 2 rings (SSSR count). The van der Waals surface area contributed by atoms with E-state index in [0.29, 0.717) is 12.6 Å². The van der Waals surface area contributed by atoms with Gasteiger partial charge in [-0.2, -0.15) is 0 Å². The van der Waals surface area contributed by atoms with Gasteiger partial charge in [-0.25, -0.2) is 0 Å². The average molecular weight is 289 g/mol. The van der Waals surface area contributed by atoms with Gasteiger partial charge in [0, 0.05) is 18.3 Å². The molecule has 1 atom stereocenters. The number of nitrogens with one attached hydrogen (secondary N) is 1. The van der Waals surface area contributed by atoms with E-state index >= 15 is 0 Å². The molecular formula is C17H27N3O. The standard InChI is InChI=1S/C17H27N3O/c1-14(17(21)19-15-8-3-2-4-9-15)20(13-7-12-18)16-10-5-6-11-16/h2-4,8-9,14,16H,5-7,10-13,18H2,1H3,(H,19,21). The highest BCUT2D eigenvalue weighted by Gasteiger charge is 2.29. The van der Waals surface area contributed by atoms with Gasteiger partial charge in [-0.15, -0.1) is 0 Å². The molecule has 1 aromatic rings. The summed E-state index contributed by atoms with van der Waals surface area (Å²) >= 11 is 0. The molecular weight excluding hydrogens is 262 g/mol. The quantitative estimate of drug-likeness (QED) is 0.811. The van der Waals surface area contributed by atoms with E-state index in [9.17, 15) is 4.79 Å².